The molecule has 11 aromatic rings. The van der Waals surface area contributed by atoms with Gasteiger partial charge in [-0.15, -0.1) is 0 Å². The van der Waals surface area contributed by atoms with Crippen molar-refractivity contribution in [2.45, 2.75) is 0 Å². The van der Waals surface area contributed by atoms with Gasteiger partial charge in [-0.1, -0.05) is 103 Å². The monoisotopic (exact) mass is 685 g/mol. The molecule has 0 aliphatic heterocycles. The number of pyridine rings is 2. The molecule has 6 heteroatoms. The van der Waals surface area contributed by atoms with E-state index in [9.17, 15) is 5.11 Å². The molecule has 5 nitrogen and oxygen atoms in total. The minimum absolute atomic E-state index is 0. The van der Waals surface area contributed by atoms with Crippen molar-refractivity contribution >= 4 is 65.4 Å². The number of fused-ring (bicyclic) bond motifs is 9. The first-order valence-electron chi connectivity index (χ1n) is 17.8. The van der Waals surface area contributed by atoms with E-state index in [1.807, 2.05) is 18.2 Å². The molecule has 0 unspecified atom stereocenters. The molecule has 0 bridgehead atoms. The molecule has 248 valence electrons. The van der Waals surface area contributed by atoms with Crippen LogP contribution in [0, 0.1) is 0 Å². The number of benzene rings is 7. The third-order valence-corrected chi connectivity index (χ3v) is 10.7. The third-order valence-electron chi connectivity index (χ3n) is 10.7. The summed E-state index contributed by atoms with van der Waals surface area (Å²) < 4.78 is 4.74. The standard InChI is InChI=1S/C48H30N4O.Li/c53-46-19-8-4-15-38(46)41-26-23-31-21-20-30-22-25-40(49-47(30)48(31)50-41)32-10-9-11-33(28-32)51-44-18-7-3-14-37(44)39-29-34(24-27-45(39)51)52-42-16-5-1-12-35(42)36-13-2-6-17-43(36)52;/h1-29,53H;/q;+1. The number of aromatic nitrogens is 4. The molecule has 0 amide bonds. The summed E-state index contributed by atoms with van der Waals surface area (Å²) in [5, 5.41) is 19.7. The number of aromatic amines is 1. The van der Waals surface area contributed by atoms with E-state index in [4.69, 9.17) is 4.98 Å². The summed E-state index contributed by atoms with van der Waals surface area (Å²) in [4.78, 5) is 8.79. The first-order chi connectivity index (χ1) is 26.2. The second-order valence-corrected chi connectivity index (χ2v) is 13.6. The zero-order valence-electron chi connectivity index (χ0n) is 29.5. The van der Waals surface area contributed by atoms with Gasteiger partial charge in [0.05, 0.1) is 27.8 Å². The Hall–Kier alpha value is -6.64. The Balaban J connectivity index is 0.00000361. The number of rotatable bonds is 4. The molecule has 0 aliphatic carbocycles. The maximum atomic E-state index is 12.7. The van der Waals surface area contributed by atoms with Crippen LogP contribution in [0.1, 0.15) is 0 Å². The van der Waals surface area contributed by atoms with E-state index < -0.39 is 0 Å². The zero-order chi connectivity index (χ0) is 35.0. The third kappa shape index (κ3) is 4.87. The van der Waals surface area contributed by atoms with E-state index in [2.05, 4.69) is 160 Å². The number of nitrogens with zero attached hydrogens (tertiary/aromatic N) is 3. The van der Waals surface area contributed by atoms with Crippen molar-refractivity contribution in [3.8, 4) is 39.6 Å². The van der Waals surface area contributed by atoms with Gasteiger partial charge in [-0.05, 0) is 72.8 Å². The van der Waals surface area contributed by atoms with Crippen molar-refractivity contribution in [2.75, 3.05) is 0 Å². The van der Waals surface area contributed by atoms with Crippen molar-refractivity contribution in [3.05, 3.63) is 176 Å². The molecule has 4 aromatic heterocycles. The first kappa shape index (κ1) is 32.0. The normalized spacial score (nSPS) is 11.6. The predicted molar refractivity (Wildman–Crippen MR) is 215 cm³/mol. The van der Waals surface area contributed by atoms with Gasteiger partial charge in [-0.3, -0.25) is 0 Å². The topological polar surface area (TPSA) is 60.0 Å². The molecule has 4 heterocycles. The Morgan fingerprint density at radius 2 is 1.04 bits per heavy atom. The van der Waals surface area contributed by atoms with Crippen LogP contribution in [-0.4, -0.2) is 14.1 Å². The second-order valence-electron chi connectivity index (χ2n) is 13.6. The summed E-state index contributed by atoms with van der Waals surface area (Å²) in [5.74, 6) is -0.0122. The van der Waals surface area contributed by atoms with Gasteiger partial charge in [-0.25, -0.2) is 9.97 Å². The quantitative estimate of drug-likeness (QED) is 0.140. The summed E-state index contributed by atoms with van der Waals surface area (Å²) in [5.41, 5.74) is 12.0. The Bertz CT molecular complexity index is 3220. The predicted octanol–water partition coefficient (Wildman–Crippen LogP) is 7.81. The molecule has 0 spiro atoms. The maximum Gasteiger partial charge on any atom is 1.00 e. The number of hydrogen-bond acceptors (Lipinski definition) is 2. The average molecular weight is 686 g/mol. The number of H-pyrrole nitrogens is 1. The molecule has 0 atom stereocenters. The number of para-hydroxylation sites is 4. The van der Waals surface area contributed by atoms with Crippen molar-refractivity contribution in [1.29, 1.82) is 0 Å². The van der Waals surface area contributed by atoms with E-state index in [0.717, 1.165) is 61.2 Å². The molecule has 0 radical (unpaired) electrons. The summed E-state index contributed by atoms with van der Waals surface area (Å²) in [6, 6.07) is 61.0. The molecule has 54 heavy (non-hydrogen) atoms. The van der Waals surface area contributed by atoms with Crippen LogP contribution in [-0.2, 0) is 0 Å². The van der Waals surface area contributed by atoms with Gasteiger partial charge in [0.15, 0.2) is 0 Å². The molecular formula is C48H30LiN4O+. The summed E-state index contributed by atoms with van der Waals surface area (Å²) >= 11 is 0. The van der Waals surface area contributed by atoms with Gasteiger partial charge in [0, 0.05) is 60.9 Å². The Morgan fingerprint density at radius 1 is 0.463 bits per heavy atom. The fourth-order valence-corrected chi connectivity index (χ4v) is 8.21. The van der Waals surface area contributed by atoms with Crippen molar-refractivity contribution in [3.63, 3.8) is 0 Å². The van der Waals surface area contributed by atoms with Crippen molar-refractivity contribution in [1.82, 2.24) is 14.1 Å². The van der Waals surface area contributed by atoms with Crippen molar-refractivity contribution in [2.24, 2.45) is 0 Å². The molecule has 0 saturated heterocycles. The zero-order valence-corrected chi connectivity index (χ0v) is 29.5. The largest absolute Gasteiger partial charge is 1.00 e. The van der Waals surface area contributed by atoms with Gasteiger partial charge >= 0.3 is 18.9 Å². The Labute approximate surface area is 322 Å². The van der Waals surface area contributed by atoms with E-state index >= 15 is 0 Å². The van der Waals surface area contributed by atoms with Gasteiger partial charge in [0.2, 0.25) is 11.2 Å². The number of nitrogens with one attached hydrogen (secondary N) is 1. The smallest absolute Gasteiger partial charge is 0.872 e. The van der Waals surface area contributed by atoms with Gasteiger partial charge in [0.1, 0.15) is 5.52 Å². The van der Waals surface area contributed by atoms with E-state index in [0.29, 0.717) is 5.56 Å². The molecule has 7 aromatic carbocycles. The Morgan fingerprint density at radius 3 is 1.76 bits per heavy atom. The van der Waals surface area contributed by atoms with Gasteiger partial charge in [0.25, 0.3) is 0 Å². The first-order valence-corrected chi connectivity index (χ1v) is 17.8. The van der Waals surface area contributed by atoms with Crippen LogP contribution >= 0.6 is 0 Å². The summed E-state index contributed by atoms with van der Waals surface area (Å²) in [7, 11) is 0. The van der Waals surface area contributed by atoms with Crippen LogP contribution in [0.4, 0.5) is 0 Å². The minimum Gasteiger partial charge on any atom is -0.872 e. The second kappa shape index (κ2) is 12.5. The minimum atomic E-state index is -0.0122. The van der Waals surface area contributed by atoms with Crippen LogP contribution in [0.15, 0.2) is 176 Å². The van der Waals surface area contributed by atoms with Gasteiger partial charge < -0.3 is 14.2 Å². The molecule has 0 saturated carbocycles. The fourth-order valence-electron chi connectivity index (χ4n) is 8.21. The molecule has 11 rings (SSSR count). The van der Waals surface area contributed by atoms with Gasteiger partial charge in [-0.2, -0.15) is 0 Å². The van der Waals surface area contributed by atoms with Crippen LogP contribution in [0.2, 0.25) is 0 Å². The summed E-state index contributed by atoms with van der Waals surface area (Å²) in [6.45, 7) is 0. The maximum absolute atomic E-state index is 12.7. The molecular weight excluding hydrogens is 655 g/mol. The van der Waals surface area contributed by atoms with Crippen LogP contribution in [0.3, 0.4) is 0 Å². The van der Waals surface area contributed by atoms with Crippen LogP contribution in [0.5, 0.6) is 5.75 Å². The summed E-state index contributed by atoms with van der Waals surface area (Å²) in [6.07, 6.45) is 0. The van der Waals surface area contributed by atoms with Crippen LogP contribution < -0.4 is 29.0 Å². The number of hydrogen-bond donors (Lipinski definition) is 0. The Kier molecular flexibility index (Phi) is 7.42. The fraction of sp³-hybridized carbons (Fsp3) is 0. The van der Waals surface area contributed by atoms with E-state index in [1.165, 1.54) is 32.6 Å². The molecule has 0 fully saturated rings. The van der Waals surface area contributed by atoms with E-state index in [1.54, 1.807) is 12.1 Å². The van der Waals surface area contributed by atoms with Crippen molar-refractivity contribution < 1.29 is 29.0 Å². The molecule has 1 N–H and O–H groups in total. The van der Waals surface area contributed by atoms with E-state index in [-0.39, 0.29) is 24.6 Å². The van der Waals surface area contributed by atoms with Crippen LogP contribution in [0.25, 0.3) is 99.3 Å². The SMILES string of the molecule is [Li+].[O-]c1ccccc1-c1ccc2ccc3ccc(-c4cccc(-n5c6ccccc6c6cc(-n7c8ccccc8c8ccccc87)ccc65)c4)nc3c2[nH+]1. The average Bonchev–Trinajstić information content (AvgIpc) is 3.73. The molecule has 0 aliphatic rings.